The van der Waals surface area contributed by atoms with Crippen LogP contribution in [0.5, 0.6) is 0 Å². The fraction of sp³-hybridized carbons (Fsp3) is 0.227. The van der Waals surface area contributed by atoms with E-state index in [1.165, 1.54) is 12.1 Å². The first-order valence-corrected chi connectivity index (χ1v) is 11.3. The van der Waals surface area contributed by atoms with Gasteiger partial charge in [0.25, 0.3) is 0 Å². The van der Waals surface area contributed by atoms with Crippen molar-refractivity contribution in [3.63, 3.8) is 0 Å². The van der Waals surface area contributed by atoms with Gasteiger partial charge in [0.1, 0.15) is 16.7 Å². The molecule has 0 fully saturated rings. The number of anilines is 2. The maximum absolute atomic E-state index is 12.6. The zero-order valence-corrected chi connectivity index (χ0v) is 18.1. The number of nitrogens with one attached hydrogen (secondary N) is 2. The van der Waals surface area contributed by atoms with Gasteiger partial charge in [0.2, 0.25) is 5.89 Å². The van der Waals surface area contributed by atoms with E-state index in [0.717, 1.165) is 18.5 Å². The molecular weight excluding hydrogens is 450 g/mol. The Kier molecular flexibility index (Phi) is 6.71. The van der Waals surface area contributed by atoms with Gasteiger partial charge in [-0.2, -0.15) is 0 Å². The molecule has 33 heavy (non-hydrogen) atoms. The number of rotatable bonds is 10. The number of aromatic nitrogens is 1. The third kappa shape index (κ3) is 5.57. The number of unbranched alkanes of at least 4 members (excludes halogenated alkanes) is 2. The van der Waals surface area contributed by atoms with E-state index in [9.17, 15) is 18.4 Å². The van der Waals surface area contributed by atoms with Crippen LogP contribution in [0.1, 0.15) is 25.7 Å². The summed E-state index contributed by atoms with van der Waals surface area (Å²) in [5.41, 5.74) is 1.84. The summed E-state index contributed by atoms with van der Waals surface area (Å²) < 4.78 is 35.0. The first kappa shape index (κ1) is 22.5. The Hall–Kier alpha value is -3.70. The third-order valence-corrected chi connectivity index (χ3v) is 5.35. The molecule has 0 aliphatic rings. The summed E-state index contributed by atoms with van der Waals surface area (Å²) in [5, 5.41) is 12.6. The van der Waals surface area contributed by atoms with Crippen molar-refractivity contribution in [1.29, 1.82) is 0 Å². The molecule has 172 valence electrons. The van der Waals surface area contributed by atoms with Crippen molar-refractivity contribution < 1.29 is 27.5 Å². The molecule has 4 rings (SSSR count). The second kappa shape index (κ2) is 9.84. The normalized spacial score (nSPS) is 12.2. The lowest BCUT2D eigenvalue weighted by Gasteiger charge is -2.07. The molecule has 2 aromatic carbocycles. The largest absolute Gasteiger partial charge is 0.755 e. The Morgan fingerprint density at radius 1 is 1.03 bits per heavy atom. The quantitative estimate of drug-likeness (QED) is 0.178. The molecular formula is C22H20N3O7S-. The van der Waals surface area contributed by atoms with E-state index < -0.39 is 22.9 Å². The Morgan fingerprint density at radius 2 is 1.85 bits per heavy atom. The van der Waals surface area contributed by atoms with Crippen molar-refractivity contribution in [3.8, 4) is 11.5 Å². The molecule has 4 aromatic rings. The van der Waals surface area contributed by atoms with Crippen LogP contribution in [-0.2, 0) is 16.1 Å². The summed E-state index contributed by atoms with van der Waals surface area (Å²) in [7, 11) is 0. The van der Waals surface area contributed by atoms with Crippen LogP contribution in [0.4, 0.5) is 11.4 Å². The summed E-state index contributed by atoms with van der Waals surface area (Å²) in [6.07, 6.45) is 2.44. The topological polar surface area (TPSA) is 158 Å². The molecule has 0 spiro atoms. The fourth-order valence-corrected chi connectivity index (χ4v) is 3.70. The molecule has 2 heterocycles. The Balaban J connectivity index is 1.51. The van der Waals surface area contributed by atoms with E-state index in [1.54, 1.807) is 18.2 Å². The van der Waals surface area contributed by atoms with Crippen molar-refractivity contribution in [2.24, 2.45) is 0 Å². The van der Waals surface area contributed by atoms with Crippen LogP contribution in [0.3, 0.4) is 0 Å². The molecule has 0 bridgehead atoms. The summed E-state index contributed by atoms with van der Waals surface area (Å²) in [6, 6.07) is 11.6. The summed E-state index contributed by atoms with van der Waals surface area (Å²) in [6.45, 7) is 0.674. The minimum atomic E-state index is -2.47. The van der Waals surface area contributed by atoms with Gasteiger partial charge in [-0.05, 0) is 49.2 Å². The van der Waals surface area contributed by atoms with Crippen LogP contribution >= 0.6 is 0 Å². The van der Waals surface area contributed by atoms with Gasteiger partial charge in [0.05, 0.1) is 0 Å². The van der Waals surface area contributed by atoms with Gasteiger partial charge < -0.3 is 28.5 Å². The SMILES string of the molecule is O=C(O)CCCCCNc1ccc2cc(-c3nc4cc(NS(=O)[O-])ccc4o3)c(=O)oc2c1. The van der Waals surface area contributed by atoms with Gasteiger partial charge in [-0.1, -0.05) is 6.42 Å². The number of carboxylic acids is 1. The van der Waals surface area contributed by atoms with Crippen molar-refractivity contribution in [2.45, 2.75) is 25.7 Å². The van der Waals surface area contributed by atoms with Crippen molar-refractivity contribution in [1.82, 2.24) is 4.98 Å². The summed E-state index contributed by atoms with van der Waals surface area (Å²) >= 11 is -2.47. The molecule has 0 radical (unpaired) electrons. The summed E-state index contributed by atoms with van der Waals surface area (Å²) in [5.74, 6) is -0.715. The highest BCUT2D eigenvalue weighted by Crippen LogP contribution is 2.27. The van der Waals surface area contributed by atoms with Gasteiger partial charge in [-0.25, -0.2) is 9.78 Å². The summed E-state index contributed by atoms with van der Waals surface area (Å²) in [4.78, 5) is 27.4. The number of carboxylic acid groups (broad SMARTS) is 1. The number of fused-ring (bicyclic) bond motifs is 2. The smallest absolute Gasteiger partial charge is 0.349 e. The Morgan fingerprint density at radius 3 is 2.64 bits per heavy atom. The third-order valence-electron chi connectivity index (χ3n) is 4.95. The average molecular weight is 470 g/mol. The zero-order valence-electron chi connectivity index (χ0n) is 17.3. The van der Waals surface area contributed by atoms with Crippen LogP contribution in [0.15, 0.2) is 56.1 Å². The molecule has 1 atom stereocenters. The van der Waals surface area contributed by atoms with E-state index in [2.05, 4.69) is 15.0 Å². The van der Waals surface area contributed by atoms with Gasteiger partial charge >= 0.3 is 11.6 Å². The van der Waals surface area contributed by atoms with Crippen molar-refractivity contribution >= 4 is 50.7 Å². The number of nitrogens with zero attached hydrogens (tertiary/aromatic N) is 1. The van der Waals surface area contributed by atoms with Crippen LogP contribution < -0.4 is 15.7 Å². The highest BCUT2D eigenvalue weighted by atomic mass is 32.2. The number of aliphatic carboxylic acids is 1. The molecule has 3 N–H and O–H groups in total. The maximum atomic E-state index is 12.6. The van der Waals surface area contributed by atoms with Gasteiger partial charge in [-0.3, -0.25) is 9.00 Å². The molecule has 2 aromatic heterocycles. The van der Waals surface area contributed by atoms with Crippen LogP contribution in [0.25, 0.3) is 33.5 Å². The predicted molar refractivity (Wildman–Crippen MR) is 123 cm³/mol. The highest BCUT2D eigenvalue weighted by molar-refractivity contribution is 7.80. The van der Waals surface area contributed by atoms with Crippen molar-refractivity contribution in [3.05, 3.63) is 52.9 Å². The number of benzene rings is 2. The Labute approximate surface area is 190 Å². The molecule has 0 saturated heterocycles. The minimum Gasteiger partial charge on any atom is -0.755 e. The molecule has 0 aliphatic carbocycles. The lowest BCUT2D eigenvalue weighted by atomic mass is 10.1. The molecule has 10 nitrogen and oxygen atoms in total. The van der Waals surface area contributed by atoms with E-state index in [-0.39, 0.29) is 17.9 Å². The van der Waals surface area contributed by atoms with Gasteiger partial charge in [-0.15, -0.1) is 0 Å². The van der Waals surface area contributed by atoms with E-state index in [0.29, 0.717) is 40.7 Å². The number of carbonyl (C=O) groups is 1. The van der Waals surface area contributed by atoms with E-state index >= 15 is 0 Å². The molecule has 0 amide bonds. The van der Waals surface area contributed by atoms with Crippen LogP contribution in [0, 0.1) is 0 Å². The first-order valence-electron chi connectivity index (χ1n) is 10.2. The second-order valence-electron chi connectivity index (χ2n) is 7.37. The first-order chi connectivity index (χ1) is 15.9. The molecule has 11 heteroatoms. The predicted octanol–water partition coefficient (Wildman–Crippen LogP) is 3.86. The van der Waals surface area contributed by atoms with Gasteiger partial charge in [0.15, 0.2) is 5.58 Å². The average Bonchev–Trinajstić information content (AvgIpc) is 3.18. The van der Waals surface area contributed by atoms with Crippen molar-refractivity contribution in [2.75, 3.05) is 16.6 Å². The second-order valence-corrected chi connectivity index (χ2v) is 8.04. The monoisotopic (exact) mass is 470 g/mol. The van der Waals surface area contributed by atoms with Crippen LogP contribution in [0.2, 0.25) is 0 Å². The molecule has 1 unspecified atom stereocenters. The fourth-order valence-electron chi connectivity index (χ4n) is 3.38. The standard InChI is InChI=1S/C22H21N3O7S/c26-20(27)4-2-1-3-9-23-14-6-5-13-10-16(22(28)32-19(13)12-14)21-24-17-11-15(25-33(29)30)7-8-18(17)31-21/h5-8,10-12,23,25H,1-4,9H2,(H,26,27)(H,29,30)/p-1. The Bertz CT molecular complexity index is 1400. The lowest BCUT2D eigenvalue weighted by Crippen LogP contribution is -2.04. The van der Waals surface area contributed by atoms with E-state index in [4.69, 9.17) is 13.9 Å². The van der Waals surface area contributed by atoms with E-state index in [1.807, 2.05) is 12.1 Å². The minimum absolute atomic E-state index is 0.0737. The molecule has 0 aliphatic heterocycles. The van der Waals surface area contributed by atoms with Crippen LogP contribution in [-0.4, -0.2) is 31.4 Å². The zero-order chi connectivity index (χ0) is 23.4. The number of oxazole rings is 1. The number of hydrogen-bond donors (Lipinski definition) is 3. The highest BCUT2D eigenvalue weighted by Gasteiger charge is 2.15. The maximum Gasteiger partial charge on any atom is 0.349 e. The lowest BCUT2D eigenvalue weighted by molar-refractivity contribution is -0.137. The molecule has 0 saturated carbocycles. The van der Waals surface area contributed by atoms with Gasteiger partial charge in [0, 0.05) is 47.1 Å². The number of hydrogen-bond acceptors (Lipinski definition) is 8.